The summed E-state index contributed by atoms with van der Waals surface area (Å²) in [4.78, 5) is 33.4. The first-order valence-electron chi connectivity index (χ1n) is 15.9. The van der Waals surface area contributed by atoms with Gasteiger partial charge in [0.05, 0.1) is 38.2 Å². The molecule has 0 bridgehead atoms. The van der Waals surface area contributed by atoms with Crippen molar-refractivity contribution < 1.29 is 28.5 Å². The number of morpholine rings is 1. The second-order valence-corrected chi connectivity index (χ2v) is 12.5. The largest absolute Gasteiger partial charge is 0.493 e. The number of nitrogens with one attached hydrogen (secondary N) is 2. The standard InChI is InChI=1S/C35H37ClN6O6S/c1-4-47-27-12-8-7-11-26(27)38-33(44)31-22(2)37-34-39-35(49-21-24-9-5-6-10-25(24)36)40-42(34)32(31)23-13-14-28(29(19-23)45-3)48-20-30(43)41-15-17-46-18-16-41/h5-14,19,32H,4,15-18,20-21H2,1-3H3,(H,38,44)(H,37,39,40). The topological polar surface area (TPSA) is 129 Å². The molecule has 1 aromatic heterocycles. The van der Waals surface area contributed by atoms with E-state index in [0.717, 1.165) is 5.56 Å². The summed E-state index contributed by atoms with van der Waals surface area (Å²) >= 11 is 7.84. The van der Waals surface area contributed by atoms with Gasteiger partial charge in [-0.1, -0.05) is 59.8 Å². The van der Waals surface area contributed by atoms with Crippen LogP contribution in [0, 0.1) is 0 Å². The predicted molar refractivity (Wildman–Crippen MR) is 188 cm³/mol. The molecule has 256 valence electrons. The van der Waals surface area contributed by atoms with Gasteiger partial charge < -0.3 is 34.5 Å². The number of anilines is 2. The highest BCUT2D eigenvalue weighted by molar-refractivity contribution is 7.98. The summed E-state index contributed by atoms with van der Waals surface area (Å²) in [5, 5.41) is 12.4. The van der Waals surface area contributed by atoms with Gasteiger partial charge in [0.2, 0.25) is 11.1 Å². The molecule has 2 N–H and O–H groups in total. The second kappa shape index (κ2) is 15.7. The Hall–Kier alpha value is -4.72. The molecule has 0 radical (unpaired) electrons. The Morgan fingerprint density at radius 3 is 2.59 bits per heavy atom. The van der Waals surface area contributed by atoms with Crippen molar-refractivity contribution in [1.29, 1.82) is 0 Å². The number of benzene rings is 3. The summed E-state index contributed by atoms with van der Waals surface area (Å²) in [7, 11) is 1.53. The normalized spacial score (nSPS) is 15.7. The fourth-order valence-corrected chi connectivity index (χ4v) is 6.73. The van der Waals surface area contributed by atoms with Crippen LogP contribution in [0.25, 0.3) is 0 Å². The molecule has 12 nitrogen and oxygen atoms in total. The molecule has 14 heteroatoms. The Labute approximate surface area is 293 Å². The predicted octanol–water partition coefficient (Wildman–Crippen LogP) is 5.80. The van der Waals surface area contributed by atoms with Gasteiger partial charge in [-0.25, -0.2) is 4.68 Å². The fraction of sp³-hybridized carbons (Fsp3) is 0.314. The highest BCUT2D eigenvalue weighted by atomic mass is 35.5. The molecule has 1 unspecified atom stereocenters. The molecule has 1 atom stereocenters. The van der Waals surface area contributed by atoms with Crippen molar-refractivity contribution >= 4 is 46.8 Å². The average Bonchev–Trinajstić information content (AvgIpc) is 3.53. The number of aromatic nitrogens is 3. The van der Waals surface area contributed by atoms with Gasteiger partial charge in [-0.2, -0.15) is 4.98 Å². The number of para-hydroxylation sites is 2. The Bertz CT molecular complexity index is 1860. The van der Waals surface area contributed by atoms with Crippen molar-refractivity contribution in [1.82, 2.24) is 19.7 Å². The van der Waals surface area contributed by atoms with Crippen LogP contribution >= 0.6 is 23.4 Å². The quantitative estimate of drug-likeness (QED) is 0.175. The van der Waals surface area contributed by atoms with Crippen LogP contribution in [0.1, 0.15) is 31.0 Å². The zero-order valence-electron chi connectivity index (χ0n) is 27.4. The van der Waals surface area contributed by atoms with E-state index in [9.17, 15) is 9.59 Å². The number of ether oxygens (including phenoxy) is 4. The van der Waals surface area contributed by atoms with Gasteiger partial charge in [0, 0.05) is 29.6 Å². The first kappa shape index (κ1) is 34.2. The van der Waals surface area contributed by atoms with Crippen LogP contribution in [0.15, 0.2) is 83.2 Å². The van der Waals surface area contributed by atoms with Crippen LogP contribution in [-0.2, 0) is 20.1 Å². The molecule has 3 aromatic carbocycles. The van der Waals surface area contributed by atoms with Gasteiger partial charge in [0.15, 0.2) is 18.1 Å². The maximum atomic E-state index is 14.2. The van der Waals surface area contributed by atoms with Crippen molar-refractivity contribution in [3.8, 4) is 17.2 Å². The minimum absolute atomic E-state index is 0.133. The minimum atomic E-state index is -0.699. The van der Waals surface area contributed by atoms with Gasteiger partial charge in [0.1, 0.15) is 11.8 Å². The number of halogens is 1. The van der Waals surface area contributed by atoms with Crippen LogP contribution in [0.5, 0.6) is 17.2 Å². The van der Waals surface area contributed by atoms with Crippen LogP contribution in [0.2, 0.25) is 5.02 Å². The first-order valence-corrected chi connectivity index (χ1v) is 17.2. The Morgan fingerprint density at radius 2 is 1.82 bits per heavy atom. The van der Waals surface area contributed by atoms with Gasteiger partial charge in [-0.3, -0.25) is 9.59 Å². The highest BCUT2D eigenvalue weighted by Crippen LogP contribution is 2.40. The van der Waals surface area contributed by atoms with E-state index in [1.807, 2.05) is 62.4 Å². The Balaban J connectivity index is 1.32. The molecule has 2 amide bonds. The molecular weight excluding hydrogens is 668 g/mol. The van der Waals surface area contributed by atoms with E-state index in [2.05, 4.69) is 10.6 Å². The summed E-state index contributed by atoms with van der Waals surface area (Å²) in [5.74, 6) is 1.92. The minimum Gasteiger partial charge on any atom is -0.493 e. The van der Waals surface area contributed by atoms with E-state index in [1.54, 1.807) is 27.8 Å². The van der Waals surface area contributed by atoms with Crippen molar-refractivity contribution in [2.75, 3.05) is 57.3 Å². The van der Waals surface area contributed by atoms with Gasteiger partial charge in [-0.15, -0.1) is 5.10 Å². The smallest absolute Gasteiger partial charge is 0.260 e. The average molecular weight is 705 g/mol. The summed E-state index contributed by atoms with van der Waals surface area (Å²) < 4.78 is 24.5. The molecule has 4 aromatic rings. The fourth-order valence-electron chi connectivity index (χ4n) is 5.61. The summed E-state index contributed by atoms with van der Waals surface area (Å²) in [6.07, 6.45) is 0. The lowest BCUT2D eigenvalue weighted by Gasteiger charge is -2.29. The summed E-state index contributed by atoms with van der Waals surface area (Å²) in [6.45, 7) is 6.08. The van der Waals surface area contributed by atoms with Crippen LogP contribution in [0.3, 0.4) is 0 Å². The first-order chi connectivity index (χ1) is 23.9. The molecular formula is C35H37ClN6O6S. The SMILES string of the molecule is CCOc1ccccc1NC(=O)C1=C(C)Nc2nc(SCc3ccccc3Cl)nn2C1c1ccc(OCC(=O)N2CCOCC2)c(OC)c1. The Kier molecular flexibility index (Phi) is 10.9. The number of hydrogen-bond donors (Lipinski definition) is 2. The van der Waals surface area contributed by atoms with Crippen LogP contribution < -0.4 is 24.8 Å². The van der Waals surface area contributed by atoms with Crippen molar-refractivity contribution in [2.45, 2.75) is 30.8 Å². The number of methoxy groups -OCH3 is 1. The molecule has 1 saturated heterocycles. The van der Waals surface area contributed by atoms with Crippen LogP contribution in [0.4, 0.5) is 11.6 Å². The lowest BCUT2D eigenvalue weighted by atomic mass is 9.94. The maximum Gasteiger partial charge on any atom is 0.260 e. The number of fused-ring (bicyclic) bond motifs is 1. The van der Waals surface area contributed by atoms with E-state index in [4.69, 9.17) is 40.6 Å². The molecule has 0 spiro atoms. The lowest BCUT2D eigenvalue weighted by molar-refractivity contribution is -0.137. The highest BCUT2D eigenvalue weighted by Gasteiger charge is 2.35. The number of amides is 2. The summed E-state index contributed by atoms with van der Waals surface area (Å²) in [6, 6.07) is 19.6. The molecule has 1 fully saturated rings. The number of hydrogen-bond acceptors (Lipinski definition) is 10. The Morgan fingerprint density at radius 1 is 1.04 bits per heavy atom. The van der Waals surface area contributed by atoms with E-state index in [1.165, 1.54) is 18.9 Å². The molecule has 3 heterocycles. The monoisotopic (exact) mass is 704 g/mol. The molecule has 0 saturated carbocycles. The lowest BCUT2D eigenvalue weighted by Crippen LogP contribution is -2.43. The second-order valence-electron chi connectivity index (χ2n) is 11.2. The van der Waals surface area contributed by atoms with Crippen LogP contribution in [-0.4, -0.2) is 78.1 Å². The van der Waals surface area contributed by atoms with E-state index in [-0.39, 0.29) is 18.4 Å². The number of nitrogens with zero attached hydrogens (tertiary/aromatic N) is 4. The number of rotatable bonds is 12. The van der Waals surface area contributed by atoms with Gasteiger partial charge in [-0.05, 0) is 55.3 Å². The number of thioether (sulfide) groups is 1. The van der Waals surface area contributed by atoms with Crippen molar-refractivity contribution in [2.24, 2.45) is 0 Å². The summed E-state index contributed by atoms with van der Waals surface area (Å²) in [5.41, 5.74) is 3.22. The van der Waals surface area contributed by atoms with E-state index >= 15 is 0 Å². The molecule has 49 heavy (non-hydrogen) atoms. The van der Waals surface area contributed by atoms with Gasteiger partial charge in [0.25, 0.3) is 11.8 Å². The molecule has 2 aliphatic heterocycles. The van der Waals surface area contributed by atoms with Gasteiger partial charge >= 0.3 is 0 Å². The molecule has 6 rings (SSSR count). The zero-order valence-corrected chi connectivity index (χ0v) is 29.0. The third-order valence-electron chi connectivity index (χ3n) is 8.05. The van der Waals surface area contributed by atoms with Crippen molar-refractivity contribution in [3.63, 3.8) is 0 Å². The zero-order chi connectivity index (χ0) is 34.3. The number of carbonyl (C=O) groups excluding carboxylic acids is 2. The third kappa shape index (κ3) is 7.79. The molecule has 2 aliphatic rings. The maximum absolute atomic E-state index is 14.2. The van der Waals surface area contributed by atoms with E-state index in [0.29, 0.717) is 94.6 Å². The van der Waals surface area contributed by atoms with Crippen molar-refractivity contribution in [3.05, 3.63) is 94.1 Å². The third-order valence-corrected chi connectivity index (χ3v) is 9.30. The molecule has 0 aliphatic carbocycles. The number of allylic oxidation sites excluding steroid dienone is 1. The van der Waals surface area contributed by atoms with E-state index < -0.39 is 6.04 Å². The number of carbonyl (C=O) groups is 2.